The zero-order valence-electron chi connectivity index (χ0n) is 10.3. The van der Waals surface area contributed by atoms with Gasteiger partial charge >= 0.3 is 0 Å². The van der Waals surface area contributed by atoms with Crippen molar-refractivity contribution in [3.05, 3.63) is 28.5 Å². The second-order valence-electron chi connectivity index (χ2n) is 4.38. The second-order valence-corrected chi connectivity index (χ2v) is 5.30. The van der Waals surface area contributed by atoms with Gasteiger partial charge in [0.15, 0.2) is 0 Å². The van der Waals surface area contributed by atoms with E-state index in [1.807, 2.05) is 6.07 Å². The molecule has 4 heteroatoms. The molecule has 0 amide bonds. The molecule has 1 atom stereocenters. The highest BCUT2D eigenvalue weighted by atomic mass is 79.9. The SMILES string of the molecule is CCCC(CN)c1nc2cc(Br)ccc2n1C. The Morgan fingerprint density at radius 2 is 2.24 bits per heavy atom. The third kappa shape index (κ3) is 2.38. The maximum atomic E-state index is 5.85. The Balaban J connectivity index is 2.50. The topological polar surface area (TPSA) is 43.8 Å². The fraction of sp³-hybridized carbons (Fsp3) is 0.462. The number of nitrogens with zero attached hydrogens (tertiary/aromatic N) is 2. The summed E-state index contributed by atoms with van der Waals surface area (Å²) < 4.78 is 3.23. The molecule has 0 saturated heterocycles. The largest absolute Gasteiger partial charge is 0.331 e. The molecule has 0 aliphatic rings. The lowest BCUT2D eigenvalue weighted by atomic mass is 10.0. The summed E-state index contributed by atoms with van der Waals surface area (Å²) in [5, 5.41) is 0. The molecule has 0 aliphatic carbocycles. The highest BCUT2D eigenvalue weighted by Gasteiger charge is 2.16. The Morgan fingerprint density at radius 3 is 2.88 bits per heavy atom. The first-order chi connectivity index (χ1) is 8.17. The van der Waals surface area contributed by atoms with Crippen LogP contribution in [0.2, 0.25) is 0 Å². The molecule has 0 spiro atoms. The van der Waals surface area contributed by atoms with Gasteiger partial charge in [-0.25, -0.2) is 4.98 Å². The van der Waals surface area contributed by atoms with Gasteiger partial charge in [0.05, 0.1) is 11.0 Å². The van der Waals surface area contributed by atoms with Crippen molar-refractivity contribution in [1.82, 2.24) is 9.55 Å². The van der Waals surface area contributed by atoms with Gasteiger partial charge in [0, 0.05) is 24.0 Å². The van der Waals surface area contributed by atoms with Crippen molar-refractivity contribution < 1.29 is 0 Å². The number of hydrogen-bond donors (Lipinski definition) is 1. The predicted molar refractivity (Wildman–Crippen MR) is 75.1 cm³/mol. The van der Waals surface area contributed by atoms with Gasteiger partial charge in [0.2, 0.25) is 0 Å². The predicted octanol–water partition coefficient (Wildman–Crippen LogP) is 3.18. The van der Waals surface area contributed by atoms with E-state index in [0.717, 1.165) is 34.2 Å². The molecule has 2 N–H and O–H groups in total. The first-order valence-corrected chi connectivity index (χ1v) is 6.78. The van der Waals surface area contributed by atoms with E-state index in [9.17, 15) is 0 Å². The summed E-state index contributed by atoms with van der Waals surface area (Å²) in [6.45, 7) is 2.84. The third-order valence-electron chi connectivity index (χ3n) is 3.16. The molecule has 0 bridgehead atoms. The van der Waals surface area contributed by atoms with Crippen LogP contribution in [-0.4, -0.2) is 16.1 Å². The van der Waals surface area contributed by atoms with Crippen molar-refractivity contribution >= 4 is 27.0 Å². The lowest BCUT2D eigenvalue weighted by Gasteiger charge is -2.13. The average Bonchev–Trinajstić information content (AvgIpc) is 2.63. The summed E-state index contributed by atoms with van der Waals surface area (Å²) in [7, 11) is 2.07. The number of halogens is 1. The van der Waals surface area contributed by atoms with Crippen LogP contribution in [0.3, 0.4) is 0 Å². The lowest BCUT2D eigenvalue weighted by Crippen LogP contribution is -2.16. The number of hydrogen-bond acceptors (Lipinski definition) is 2. The first kappa shape index (κ1) is 12.6. The molecule has 1 aromatic heterocycles. The van der Waals surface area contributed by atoms with Crippen LogP contribution >= 0.6 is 15.9 Å². The summed E-state index contributed by atoms with van der Waals surface area (Å²) in [6.07, 6.45) is 2.23. The monoisotopic (exact) mass is 295 g/mol. The van der Waals surface area contributed by atoms with Crippen molar-refractivity contribution in [1.29, 1.82) is 0 Å². The molecular weight excluding hydrogens is 278 g/mol. The molecular formula is C13H18BrN3. The number of fused-ring (bicyclic) bond motifs is 1. The van der Waals surface area contributed by atoms with E-state index >= 15 is 0 Å². The molecule has 1 heterocycles. The van der Waals surface area contributed by atoms with E-state index in [4.69, 9.17) is 10.7 Å². The van der Waals surface area contributed by atoms with Gasteiger partial charge in [-0.05, 0) is 24.6 Å². The number of rotatable bonds is 4. The van der Waals surface area contributed by atoms with Crippen LogP contribution in [0, 0.1) is 0 Å². The van der Waals surface area contributed by atoms with Gasteiger partial charge in [0.1, 0.15) is 5.82 Å². The average molecular weight is 296 g/mol. The van der Waals surface area contributed by atoms with Crippen LogP contribution in [0.5, 0.6) is 0 Å². The van der Waals surface area contributed by atoms with E-state index in [2.05, 4.69) is 46.6 Å². The Bertz CT molecular complexity index is 519. The van der Waals surface area contributed by atoms with Crippen LogP contribution in [0.15, 0.2) is 22.7 Å². The van der Waals surface area contributed by atoms with E-state index in [-0.39, 0.29) is 0 Å². The van der Waals surface area contributed by atoms with Crippen LogP contribution in [-0.2, 0) is 7.05 Å². The molecule has 92 valence electrons. The van der Waals surface area contributed by atoms with Crippen molar-refractivity contribution in [3.63, 3.8) is 0 Å². The van der Waals surface area contributed by atoms with Gasteiger partial charge < -0.3 is 10.3 Å². The fourth-order valence-corrected chi connectivity index (χ4v) is 2.61. The van der Waals surface area contributed by atoms with Gasteiger partial charge in [-0.2, -0.15) is 0 Å². The van der Waals surface area contributed by atoms with Crippen molar-refractivity contribution in [3.8, 4) is 0 Å². The van der Waals surface area contributed by atoms with E-state index < -0.39 is 0 Å². The van der Waals surface area contributed by atoms with Gasteiger partial charge in [-0.3, -0.25) is 0 Å². The third-order valence-corrected chi connectivity index (χ3v) is 3.66. The molecule has 0 fully saturated rings. The standard InChI is InChI=1S/C13H18BrN3/c1-3-4-9(8-15)13-16-11-7-10(14)5-6-12(11)17(13)2/h5-7,9H,3-4,8,15H2,1-2H3. The molecule has 0 aliphatic heterocycles. The van der Waals surface area contributed by atoms with Gasteiger partial charge in [0.25, 0.3) is 0 Å². The highest BCUT2D eigenvalue weighted by molar-refractivity contribution is 9.10. The van der Waals surface area contributed by atoms with Crippen LogP contribution < -0.4 is 5.73 Å². The van der Waals surface area contributed by atoms with Crippen molar-refractivity contribution in [2.24, 2.45) is 12.8 Å². The molecule has 17 heavy (non-hydrogen) atoms. The summed E-state index contributed by atoms with van der Waals surface area (Å²) in [6, 6.07) is 6.19. The van der Waals surface area contributed by atoms with Gasteiger partial charge in [-0.15, -0.1) is 0 Å². The molecule has 0 radical (unpaired) electrons. The van der Waals surface area contributed by atoms with Crippen molar-refractivity contribution in [2.75, 3.05) is 6.54 Å². The minimum absolute atomic E-state index is 0.358. The number of aryl methyl sites for hydroxylation is 1. The minimum Gasteiger partial charge on any atom is -0.331 e. The van der Waals surface area contributed by atoms with E-state index in [1.165, 1.54) is 0 Å². The summed E-state index contributed by atoms with van der Waals surface area (Å²) in [5.41, 5.74) is 8.05. The second kappa shape index (κ2) is 5.19. The molecule has 2 aromatic rings. The zero-order chi connectivity index (χ0) is 12.4. The number of aromatic nitrogens is 2. The molecule has 0 saturated carbocycles. The number of benzene rings is 1. The fourth-order valence-electron chi connectivity index (χ4n) is 2.26. The Hall–Kier alpha value is -0.870. The summed E-state index contributed by atoms with van der Waals surface area (Å²) in [5.74, 6) is 1.46. The lowest BCUT2D eigenvalue weighted by molar-refractivity contribution is 0.572. The Labute approximate surface area is 110 Å². The van der Waals surface area contributed by atoms with Crippen molar-refractivity contribution in [2.45, 2.75) is 25.7 Å². The van der Waals surface area contributed by atoms with E-state index in [1.54, 1.807) is 0 Å². The summed E-state index contributed by atoms with van der Waals surface area (Å²) >= 11 is 3.48. The van der Waals surface area contributed by atoms with E-state index in [0.29, 0.717) is 12.5 Å². The number of imidazole rings is 1. The highest BCUT2D eigenvalue weighted by Crippen LogP contribution is 2.25. The maximum Gasteiger partial charge on any atom is 0.114 e. The normalized spacial score (nSPS) is 13.2. The number of nitrogens with two attached hydrogens (primary N) is 1. The Kier molecular flexibility index (Phi) is 3.84. The van der Waals surface area contributed by atoms with Crippen LogP contribution in [0.1, 0.15) is 31.5 Å². The molecule has 1 unspecified atom stereocenters. The first-order valence-electron chi connectivity index (χ1n) is 5.99. The van der Waals surface area contributed by atoms with Crippen LogP contribution in [0.4, 0.5) is 0 Å². The minimum atomic E-state index is 0.358. The van der Waals surface area contributed by atoms with Crippen LogP contribution in [0.25, 0.3) is 11.0 Å². The smallest absolute Gasteiger partial charge is 0.114 e. The molecule has 3 nitrogen and oxygen atoms in total. The zero-order valence-corrected chi connectivity index (χ0v) is 11.9. The Morgan fingerprint density at radius 1 is 1.47 bits per heavy atom. The summed E-state index contributed by atoms with van der Waals surface area (Å²) in [4.78, 5) is 4.72. The maximum absolute atomic E-state index is 5.85. The quantitative estimate of drug-likeness (QED) is 0.941. The van der Waals surface area contributed by atoms with Gasteiger partial charge in [-0.1, -0.05) is 29.3 Å². The molecule has 2 rings (SSSR count). The molecule has 1 aromatic carbocycles.